The lowest BCUT2D eigenvalue weighted by Crippen LogP contribution is -2.43. The van der Waals surface area contributed by atoms with E-state index < -0.39 is 6.10 Å². The fraction of sp³-hybridized carbons (Fsp3) is 0.714. The molecule has 0 amide bonds. The van der Waals surface area contributed by atoms with Crippen molar-refractivity contribution in [2.24, 2.45) is 11.8 Å². The van der Waals surface area contributed by atoms with Crippen molar-refractivity contribution in [3.63, 3.8) is 0 Å². The maximum atomic E-state index is 10.2. The van der Waals surface area contributed by atoms with Crippen LogP contribution in [0.3, 0.4) is 0 Å². The predicted octanol–water partition coefficient (Wildman–Crippen LogP) is 3.54. The highest BCUT2D eigenvalue weighted by atomic mass is 16.5. The molecule has 0 saturated carbocycles. The van der Waals surface area contributed by atoms with Crippen LogP contribution in [0.2, 0.25) is 0 Å². The number of rotatable bonds is 9. The third-order valence-corrected chi connectivity index (χ3v) is 4.77. The number of hydrogen-bond acceptors (Lipinski definition) is 4. The van der Waals surface area contributed by atoms with Crippen LogP contribution < -0.4 is 4.74 Å². The van der Waals surface area contributed by atoms with Gasteiger partial charge < -0.3 is 19.5 Å². The first kappa shape index (κ1) is 20.2. The fourth-order valence-corrected chi connectivity index (χ4v) is 3.68. The number of aliphatic hydroxyl groups is 1. The molecular weight excluding hydrogens is 314 g/mol. The Morgan fingerprint density at radius 2 is 1.72 bits per heavy atom. The van der Waals surface area contributed by atoms with E-state index in [0.717, 1.165) is 18.8 Å². The van der Waals surface area contributed by atoms with Gasteiger partial charge in [0, 0.05) is 19.6 Å². The minimum Gasteiger partial charge on any atom is -0.491 e. The molecule has 1 fully saturated rings. The van der Waals surface area contributed by atoms with Crippen LogP contribution in [0, 0.1) is 11.8 Å². The van der Waals surface area contributed by atoms with Gasteiger partial charge in [0.2, 0.25) is 0 Å². The van der Waals surface area contributed by atoms with Crippen molar-refractivity contribution < 1.29 is 14.6 Å². The highest BCUT2D eigenvalue weighted by Gasteiger charge is 2.23. The summed E-state index contributed by atoms with van der Waals surface area (Å²) in [6, 6.07) is 8.21. The van der Waals surface area contributed by atoms with Crippen LogP contribution in [0.1, 0.15) is 45.6 Å². The van der Waals surface area contributed by atoms with Crippen molar-refractivity contribution in [2.75, 3.05) is 39.5 Å². The van der Waals surface area contributed by atoms with Gasteiger partial charge >= 0.3 is 0 Å². The topological polar surface area (TPSA) is 41.9 Å². The van der Waals surface area contributed by atoms with Crippen LogP contribution in [-0.2, 0) is 4.74 Å². The van der Waals surface area contributed by atoms with Gasteiger partial charge in [-0.1, -0.05) is 39.8 Å². The minimum absolute atomic E-state index is 0.370. The van der Waals surface area contributed by atoms with Crippen LogP contribution in [0.5, 0.6) is 5.75 Å². The van der Waals surface area contributed by atoms with E-state index in [0.29, 0.717) is 44.1 Å². The van der Waals surface area contributed by atoms with Crippen molar-refractivity contribution in [3.8, 4) is 5.75 Å². The average molecular weight is 350 g/mol. The summed E-state index contributed by atoms with van der Waals surface area (Å²) < 4.78 is 11.3. The minimum atomic E-state index is -0.428. The van der Waals surface area contributed by atoms with Gasteiger partial charge in [-0.3, -0.25) is 0 Å². The molecule has 1 N–H and O–H groups in total. The Kier molecular flexibility index (Phi) is 8.20. The van der Waals surface area contributed by atoms with Crippen LogP contribution in [0.4, 0.5) is 0 Å². The molecule has 1 aliphatic rings. The Morgan fingerprint density at radius 1 is 1.08 bits per heavy atom. The molecule has 3 atom stereocenters. The first-order valence-electron chi connectivity index (χ1n) is 9.65. The molecule has 1 aromatic carbocycles. The first-order valence-corrected chi connectivity index (χ1v) is 9.65. The maximum absolute atomic E-state index is 10.2. The number of β-amino-alcohol motifs (C(OH)–C–C–N with tert-alkyl or cyclic N) is 1. The second-order valence-corrected chi connectivity index (χ2v) is 7.97. The smallest absolute Gasteiger partial charge is 0.119 e. The normalized spacial score (nSPS) is 23.0. The molecule has 4 heteroatoms. The summed E-state index contributed by atoms with van der Waals surface area (Å²) in [5.74, 6) is 2.83. The van der Waals surface area contributed by atoms with Crippen LogP contribution >= 0.6 is 0 Å². The molecule has 1 aliphatic heterocycles. The molecule has 0 spiro atoms. The Hall–Kier alpha value is -1.10. The molecule has 0 aliphatic carbocycles. The predicted molar refractivity (Wildman–Crippen MR) is 102 cm³/mol. The second kappa shape index (κ2) is 10.1. The Morgan fingerprint density at radius 3 is 2.32 bits per heavy atom. The summed E-state index contributed by atoms with van der Waals surface area (Å²) in [6.07, 6.45) is 0.862. The summed E-state index contributed by atoms with van der Waals surface area (Å²) in [4.78, 5) is 2.36. The zero-order valence-electron chi connectivity index (χ0n) is 16.3. The van der Waals surface area contributed by atoms with Gasteiger partial charge in [-0.05, 0) is 41.9 Å². The Bertz CT molecular complexity index is 478. The van der Waals surface area contributed by atoms with Crippen molar-refractivity contribution in [1.82, 2.24) is 4.90 Å². The summed E-state index contributed by atoms with van der Waals surface area (Å²) in [6.45, 7) is 13.2. The molecule has 142 valence electrons. The molecule has 1 heterocycles. The van der Waals surface area contributed by atoms with Gasteiger partial charge in [0.1, 0.15) is 12.4 Å². The van der Waals surface area contributed by atoms with Crippen LogP contribution in [-0.4, -0.2) is 55.6 Å². The standard InChI is InChI=1S/C21H35NO3/c1-16(2)19-5-7-21(8-6-19)25-10-9-24-15-20(23)14-22-12-17(3)11-18(4)13-22/h5-8,16-18,20,23H,9-15H2,1-4H3/t17-,18-,20-/m0/s1. The van der Waals surface area contributed by atoms with Gasteiger partial charge in [-0.2, -0.15) is 0 Å². The number of likely N-dealkylation sites (tertiary alicyclic amines) is 1. The van der Waals surface area contributed by atoms with Gasteiger partial charge in [0.25, 0.3) is 0 Å². The van der Waals surface area contributed by atoms with Crippen molar-refractivity contribution >= 4 is 0 Å². The number of piperidine rings is 1. The fourth-order valence-electron chi connectivity index (χ4n) is 3.68. The highest BCUT2D eigenvalue weighted by molar-refractivity contribution is 5.28. The Balaban J connectivity index is 1.57. The molecule has 4 nitrogen and oxygen atoms in total. The van der Waals surface area contributed by atoms with E-state index >= 15 is 0 Å². The van der Waals surface area contributed by atoms with E-state index in [1.165, 1.54) is 12.0 Å². The zero-order valence-corrected chi connectivity index (χ0v) is 16.3. The largest absolute Gasteiger partial charge is 0.491 e. The van der Waals surface area contributed by atoms with Crippen LogP contribution in [0.25, 0.3) is 0 Å². The lowest BCUT2D eigenvalue weighted by molar-refractivity contribution is -0.00211. The van der Waals surface area contributed by atoms with E-state index in [4.69, 9.17) is 9.47 Å². The van der Waals surface area contributed by atoms with Gasteiger partial charge in [0.05, 0.1) is 19.3 Å². The second-order valence-electron chi connectivity index (χ2n) is 7.97. The number of nitrogens with zero attached hydrogens (tertiary/aromatic N) is 1. The van der Waals surface area contributed by atoms with E-state index in [2.05, 4.69) is 44.7 Å². The van der Waals surface area contributed by atoms with E-state index in [1.807, 2.05) is 12.1 Å². The number of hydrogen-bond donors (Lipinski definition) is 1. The Labute approximate surface area is 153 Å². The van der Waals surface area contributed by atoms with Gasteiger partial charge in [0.15, 0.2) is 0 Å². The lowest BCUT2D eigenvalue weighted by atomic mass is 9.92. The molecular formula is C21H35NO3. The van der Waals surface area contributed by atoms with Crippen molar-refractivity contribution in [1.29, 1.82) is 0 Å². The number of ether oxygens (including phenoxy) is 2. The lowest BCUT2D eigenvalue weighted by Gasteiger charge is -2.35. The number of benzene rings is 1. The molecule has 1 saturated heterocycles. The van der Waals surface area contributed by atoms with E-state index in [9.17, 15) is 5.11 Å². The summed E-state index contributed by atoms with van der Waals surface area (Å²) >= 11 is 0. The third-order valence-electron chi connectivity index (χ3n) is 4.77. The third kappa shape index (κ3) is 7.35. The molecule has 2 rings (SSSR count). The maximum Gasteiger partial charge on any atom is 0.119 e. The molecule has 0 bridgehead atoms. The van der Waals surface area contributed by atoms with E-state index in [1.54, 1.807) is 0 Å². The van der Waals surface area contributed by atoms with Crippen molar-refractivity contribution in [2.45, 2.75) is 46.1 Å². The van der Waals surface area contributed by atoms with E-state index in [-0.39, 0.29) is 0 Å². The quantitative estimate of drug-likeness (QED) is 0.693. The van der Waals surface area contributed by atoms with Crippen molar-refractivity contribution in [3.05, 3.63) is 29.8 Å². The SMILES string of the molecule is CC(C)c1ccc(OCCOC[C@@H](O)CN2C[C@@H](C)C[C@H](C)C2)cc1. The zero-order chi connectivity index (χ0) is 18.2. The highest BCUT2D eigenvalue weighted by Crippen LogP contribution is 2.21. The summed E-state index contributed by atoms with van der Waals surface area (Å²) in [5.41, 5.74) is 1.31. The van der Waals surface area contributed by atoms with Gasteiger partial charge in [-0.15, -0.1) is 0 Å². The summed E-state index contributed by atoms with van der Waals surface area (Å²) in [7, 11) is 0. The summed E-state index contributed by atoms with van der Waals surface area (Å²) in [5, 5.41) is 10.2. The average Bonchev–Trinajstić information content (AvgIpc) is 2.54. The first-order chi connectivity index (χ1) is 11.9. The molecule has 0 radical (unpaired) electrons. The molecule has 0 aromatic heterocycles. The molecule has 25 heavy (non-hydrogen) atoms. The molecule has 0 unspecified atom stereocenters. The molecule has 1 aromatic rings. The number of aliphatic hydroxyl groups excluding tert-OH is 1. The van der Waals surface area contributed by atoms with Gasteiger partial charge in [-0.25, -0.2) is 0 Å². The van der Waals surface area contributed by atoms with Crippen LogP contribution in [0.15, 0.2) is 24.3 Å². The monoisotopic (exact) mass is 349 g/mol.